The minimum atomic E-state index is 0.692. The minimum absolute atomic E-state index is 0.692. The Morgan fingerprint density at radius 1 is 0.800 bits per heavy atom. The zero-order valence-electron chi connectivity index (χ0n) is 11.4. The van der Waals surface area contributed by atoms with Crippen molar-refractivity contribution in [2.75, 3.05) is 10.9 Å². The number of pyridine rings is 2. The summed E-state index contributed by atoms with van der Waals surface area (Å²) in [6.45, 7) is 3.74. The van der Waals surface area contributed by atoms with Gasteiger partial charge in [-0.1, -0.05) is 12.1 Å². The van der Waals surface area contributed by atoms with Crippen LogP contribution in [0.25, 0.3) is 0 Å². The normalized spacial score (nSPS) is 12.1. The lowest BCUT2D eigenvalue weighted by molar-refractivity contribution is 1.21. The van der Waals surface area contributed by atoms with E-state index < -0.39 is 0 Å². The first kappa shape index (κ1) is 13.7. The summed E-state index contributed by atoms with van der Waals surface area (Å²) in [4.78, 5) is 8.24. The highest BCUT2D eigenvalue weighted by Gasteiger charge is 1.98. The van der Waals surface area contributed by atoms with Crippen molar-refractivity contribution in [1.82, 2.24) is 9.97 Å². The number of anilines is 2. The molecule has 0 spiro atoms. The third-order valence-corrected chi connectivity index (χ3v) is 2.53. The lowest BCUT2D eigenvalue weighted by atomic mass is 10.3. The molecule has 0 aliphatic heterocycles. The second-order valence-corrected chi connectivity index (χ2v) is 4.05. The molecule has 0 radical (unpaired) electrons. The molecule has 0 saturated heterocycles. The van der Waals surface area contributed by atoms with Crippen LogP contribution in [0.1, 0.15) is 13.8 Å². The van der Waals surface area contributed by atoms with Crippen molar-refractivity contribution >= 4 is 23.1 Å². The molecule has 6 heteroatoms. The van der Waals surface area contributed by atoms with Gasteiger partial charge < -0.3 is 0 Å². The zero-order chi connectivity index (χ0) is 14.2. The van der Waals surface area contributed by atoms with Gasteiger partial charge in [0.15, 0.2) is 0 Å². The van der Waals surface area contributed by atoms with Crippen molar-refractivity contribution in [3.05, 3.63) is 48.8 Å². The summed E-state index contributed by atoms with van der Waals surface area (Å²) in [5.41, 5.74) is 7.28. The molecule has 20 heavy (non-hydrogen) atoms. The first-order chi connectivity index (χ1) is 9.75. The molecular weight excluding hydrogens is 252 g/mol. The van der Waals surface area contributed by atoms with Crippen molar-refractivity contribution in [3.8, 4) is 0 Å². The fourth-order valence-corrected chi connectivity index (χ4v) is 1.30. The van der Waals surface area contributed by atoms with Crippen LogP contribution >= 0.6 is 0 Å². The van der Waals surface area contributed by atoms with Crippen molar-refractivity contribution in [2.45, 2.75) is 13.8 Å². The fraction of sp³-hybridized carbons (Fsp3) is 0.143. The van der Waals surface area contributed by atoms with Crippen LogP contribution in [0, 0.1) is 0 Å². The van der Waals surface area contributed by atoms with Gasteiger partial charge in [-0.25, -0.2) is 9.97 Å². The van der Waals surface area contributed by atoms with E-state index >= 15 is 0 Å². The van der Waals surface area contributed by atoms with Crippen LogP contribution in [-0.4, -0.2) is 21.4 Å². The maximum absolute atomic E-state index is 4.22. The first-order valence-electron chi connectivity index (χ1n) is 6.19. The zero-order valence-corrected chi connectivity index (χ0v) is 11.4. The molecule has 2 aromatic rings. The van der Waals surface area contributed by atoms with E-state index in [0.717, 1.165) is 11.4 Å². The SMILES string of the molecule is CC(=NNc1ccccn1)C(C)=NNc1ccccn1. The Balaban J connectivity index is 1.95. The molecule has 0 aliphatic rings. The van der Waals surface area contributed by atoms with E-state index in [1.807, 2.05) is 50.2 Å². The predicted molar refractivity (Wildman–Crippen MR) is 81.9 cm³/mol. The monoisotopic (exact) mass is 268 g/mol. The Morgan fingerprint density at radius 3 is 1.60 bits per heavy atom. The van der Waals surface area contributed by atoms with E-state index in [4.69, 9.17) is 0 Å². The fourth-order valence-electron chi connectivity index (χ4n) is 1.30. The van der Waals surface area contributed by atoms with E-state index in [1.165, 1.54) is 0 Å². The highest BCUT2D eigenvalue weighted by atomic mass is 15.3. The molecule has 2 heterocycles. The van der Waals surface area contributed by atoms with Gasteiger partial charge in [-0.05, 0) is 38.1 Å². The number of nitrogens with one attached hydrogen (secondary N) is 2. The van der Waals surface area contributed by atoms with Crippen molar-refractivity contribution < 1.29 is 0 Å². The average molecular weight is 268 g/mol. The number of nitrogens with zero attached hydrogens (tertiary/aromatic N) is 4. The van der Waals surface area contributed by atoms with Gasteiger partial charge in [-0.2, -0.15) is 10.2 Å². The van der Waals surface area contributed by atoms with Crippen LogP contribution in [0.4, 0.5) is 11.6 Å². The molecule has 0 unspecified atom stereocenters. The van der Waals surface area contributed by atoms with Crippen molar-refractivity contribution in [2.24, 2.45) is 10.2 Å². The minimum Gasteiger partial charge on any atom is -0.261 e. The molecule has 0 amide bonds. The molecule has 0 atom stereocenters. The molecule has 102 valence electrons. The lowest BCUT2D eigenvalue weighted by Gasteiger charge is -2.03. The van der Waals surface area contributed by atoms with Crippen LogP contribution in [0.2, 0.25) is 0 Å². The first-order valence-corrected chi connectivity index (χ1v) is 6.19. The Bertz CT molecular complexity index is 536. The summed E-state index contributed by atoms with van der Waals surface area (Å²) < 4.78 is 0. The third kappa shape index (κ3) is 4.16. The van der Waals surface area contributed by atoms with E-state index in [9.17, 15) is 0 Å². The molecular formula is C14H16N6. The average Bonchev–Trinajstić information content (AvgIpc) is 2.52. The third-order valence-electron chi connectivity index (χ3n) is 2.53. The van der Waals surface area contributed by atoms with Gasteiger partial charge in [0.1, 0.15) is 11.6 Å². The standard InChI is InChI=1S/C14H16N6/c1-11(17-19-13-7-3-5-9-15-13)12(2)18-20-14-8-4-6-10-16-14/h3-10H,1-2H3,(H,15,19)(H,16,20). The van der Waals surface area contributed by atoms with Crippen molar-refractivity contribution in [1.29, 1.82) is 0 Å². The largest absolute Gasteiger partial charge is 0.261 e. The second kappa shape index (κ2) is 6.98. The number of rotatable bonds is 5. The number of hydrazone groups is 2. The van der Waals surface area contributed by atoms with E-state index in [0.29, 0.717) is 11.6 Å². The Kier molecular flexibility index (Phi) is 4.77. The lowest BCUT2D eigenvalue weighted by Crippen LogP contribution is -2.11. The number of hydrogen-bond acceptors (Lipinski definition) is 6. The van der Waals surface area contributed by atoms with Gasteiger partial charge in [0, 0.05) is 12.4 Å². The maximum Gasteiger partial charge on any atom is 0.146 e. The molecule has 0 fully saturated rings. The summed E-state index contributed by atoms with van der Waals surface area (Å²) in [7, 11) is 0. The molecule has 2 rings (SSSR count). The van der Waals surface area contributed by atoms with Gasteiger partial charge in [0.25, 0.3) is 0 Å². The van der Waals surface area contributed by atoms with Gasteiger partial charge >= 0.3 is 0 Å². The topological polar surface area (TPSA) is 74.6 Å². The van der Waals surface area contributed by atoms with Crippen molar-refractivity contribution in [3.63, 3.8) is 0 Å². The van der Waals surface area contributed by atoms with Crippen LogP contribution in [0.3, 0.4) is 0 Å². The summed E-state index contributed by atoms with van der Waals surface area (Å²) in [5, 5.41) is 8.44. The molecule has 0 aromatic carbocycles. The second-order valence-electron chi connectivity index (χ2n) is 4.05. The van der Waals surface area contributed by atoms with Crippen LogP contribution in [0.15, 0.2) is 59.0 Å². The Hall–Kier alpha value is -2.76. The van der Waals surface area contributed by atoms with Gasteiger partial charge in [-0.15, -0.1) is 0 Å². The number of hydrogen-bond donors (Lipinski definition) is 2. The molecule has 6 nitrogen and oxygen atoms in total. The maximum atomic E-state index is 4.22. The Labute approximate surface area is 117 Å². The number of aromatic nitrogens is 2. The van der Waals surface area contributed by atoms with Gasteiger partial charge in [-0.3, -0.25) is 10.9 Å². The summed E-state index contributed by atoms with van der Waals surface area (Å²) in [5.74, 6) is 1.38. The van der Waals surface area contributed by atoms with E-state index in [2.05, 4.69) is 31.0 Å². The molecule has 0 saturated carbocycles. The molecule has 0 aliphatic carbocycles. The van der Waals surface area contributed by atoms with Gasteiger partial charge in [0.2, 0.25) is 0 Å². The summed E-state index contributed by atoms with van der Waals surface area (Å²) in [6, 6.07) is 11.2. The quantitative estimate of drug-likeness (QED) is 0.646. The van der Waals surface area contributed by atoms with Crippen LogP contribution in [0.5, 0.6) is 0 Å². The van der Waals surface area contributed by atoms with Gasteiger partial charge in [0.05, 0.1) is 11.4 Å². The highest BCUT2D eigenvalue weighted by Crippen LogP contribution is 2.01. The smallest absolute Gasteiger partial charge is 0.146 e. The predicted octanol–water partition coefficient (Wildman–Crippen LogP) is 2.75. The van der Waals surface area contributed by atoms with E-state index in [1.54, 1.807) is 12.4 Å². The summed E-state index contributed by atoms with van der Waals surface area (Å²) >= 11 is 0. The Morgan fingerprint density at radius 2 is 1.25 bits per heavy atom. The molecule has 2 N–H and O–H groups in total. The molecule has 0 bridgehead atoms. The molecule has 2 aromatic heterocycles. The van der Waals surface area contributed by atoms with Crippen LogP contribution < -0.4 is 10.9 Å². The van der Waals surface area contributed by atoms with Crippen LogP contribution in [-0.2, 0) is 0 Å². The highest BCUT2D eigenvalue weighted by molar-refractivity contribution is 6.40. The summed E-state index contributed by atoms with van der Waals surface area (Å²) in [6.07, 6.45) is 3.41. The van der Waals surface area contributed by atoms with E-state index in [-0.39, 0.29) is 0 Å².